The van der Waals surface area contributed by atoms with Crippen LogP contribution in [0.1, 0.15) is 35.3 Å². The van der Waals surface area contributed by atoms with E-state index in [2.05, 4.69) is 14.8 Å². The summed E-state index contributed by atoms with van der Waals surface area (Å²) in [5, 5.41) is 9.64. The number of aromatic nitrogens is 1. The maximum atomic E-state index is 15.0. The third kappa shape index (κ3) is 7.48. The molecule has 0 saturated carbocycles. The number of aromatic hydroxyl groups is 1. The largest absolute Gasteiger partial charge is 0.506 e. The van der Waals surface area contributed by atoms with E-state index in [1.54, 1.807) is 35.2 Å². The number of alkyl halides is 3. The van der Waals surface area contributed by atoms with E-state index in [1.807, 2.05) is 6.92 Å². The number of carbonyl (C=O) groups is 1. The lowest BCUT2D eigenvalue weighted by Crippen LogP contribution is -2.47. The zero-order chi connectivity index (χ0) is 29.1. The Morgan fingerprint density at radius 3 is 2.30 bits per heavy atom. The minimum atomic E-state index is -4.65. The highest BCUT2D eigenvalue weighted by molar-refractivity contribution is 7.90. The zero-order valence-electron chi connectivity index (χ0n) is 21.5. The van der Waals surface area contributed by atoms with E-state index < -0.39 is 34.3 Å². The van der Waals surface area contributed by atoms with Crippen molar-refractivity contribution in [1.29, 1.82) is 0 Å². The van der Waals surface area contributed by atoms with Gasteiger partial charge >= 0.3 is 6.18 Å². The van der Waals surface area contributed by atoms with E-state index in [9.17, 15) is 31.5 Å². The van der Waals surface area contributed by atoms with Crippen molar-refractivity contribution in [2.75, 3.05) is 36.8 Å². The van der Waals surface area contributed by atoms with Crippen molar-refractivity contribution < 1.29 is 35.9 Å². The third-order valence-corrected chi connectivity index (χ3v) is 8.00. The molecule has 40 heavy (non-hydrogen) atoms. The van der Waals surface area contributed by atoms with E-state index in [-0.39, 0.29) is 23.2 Å². The van der Waals surface area contributed by atoms with Crippen LogP contribution >= 0.6 is 0 Å². The van der Waals surface area contributed by atoms with Crippen molar-refractivity contribution in [3.05, 3.63) is 77.9 Å². The molecule has 1 aliphatic rings. The fourth-order valence-corrected chi connectivity index (χ4v) is 5.52. The van der Waals surface area contributed by atoms with Crippen LogP contribution in [0.15, 0.2) is 60.9 Å². The Balaban J connectivity index is 1.33. The number of hydrogen-bond acceptors (Lipinski definition) is 7. The second-order valence-electron chi connectivity index (χ2n) is 9.53. The molecule has 1 fully saturated rings. The lowest BCUT2D eigenvalue weighted by Gasteiger charge is -2.39. The highest BCUT2D eigenvalue weighted by Gasteiger charge is 2.31. The van der Waals surface area contributed by atoms with Crippen LogP contribution in [0, 0.1) is 5.82 Å². The number of halogens is 4. The lowest BCUT2D eigenvalue weighted by molar-refractivity contribution is -0.130. The normalized spacial score (nSPS) is 15.6. The summed E-state index contributed by atoms with van der Waals surface area (Å²) in [4.78, 5) is 20.4. The lowest BCUT2D eigenvalue weighted by atomic mass is 10.00. The summed E-state index contributed by atoms with van der Waals surface area (Å²) in [6.07, 6.45) is -3.34. The monoisotopic (exact) mass is 580 g/mol. The van der Waals surface area contributed by atoms with Crippen LogP contribution < -0.4 is 9.62 Å². The molecule has 1 aromatic heterocycles. The summed E-state index contributed by atoms with van der Waals surface area (Å²) in [7, 11) is -4.43. The predicted octanol–water partition coefficient (Wildman–Crippen LogP) is 4.49. The molecule has 0 bridgehead atoms. The van der Waals surface area contributed by atoms with Gasteiger partial charge in [-0.2, -0.15) is 13.2 Å². The van der Waals surface area contributed by atoms with Crippen molar-refractivity contribution in [3.63, 3.8) is 0 Å². The number of anilines is 1. The maximum absolute atomic E-state index is 15.0. The van der Waals surface area contributed by atoms with Crippen LogP contribution in [0.5, 0.6) is 5.75 Å². The predicted molar refractivity (Wildman–Crippen MR) is 142 cm³/mol. The van der Waals surface area contributed by atoms with Gasteiger partial charge in [-0.25, -0.2) is 17.5 Å². The van der Waals surface area contributed by atoms with Crippen LogP contribution in [0.2, 0.25) is 0 Å². The summed E-state index contributed by atoms with van der Waals surface area (Å²) in [6.45, 7) is 4.45. The Morgan fingerprint density at radius 1 is 1.02 bits per heavy atom. The van der Waals surface area contributed by atoms with Gasteiger partial charge < -0.3 is 10.0 Å². The van der Waals surface area contributed by atoms with Gasteiger partial charge in [0.15, 0.2) is 0 Å². The van der Waals surface area contributed by atoms with Crippen LogP contribution in [0.3, 0.4) is 0 Å². The van der Waals surface area contributed by atoms with Crippen molar-refractivity contribution in [1.82, 2.24) is 14.6 Å². The Labute approximate surface area is 229 Å². The number of rotatable bonds is 8. The van der Waals surface area contributed by atoms with E-state index in [0.29, 0.717) is 42.9 Å². The van der Waals surface area contributed by atoms with Crippen LogP contribution in [-0.4, -0.2) is 67.4 Å². The summed E-state index contributed by atoms with van der Waals surface area (Å²) in [5.74, 6) is -2.59. The van der Waals surface area contributed by atoms with Gasteiger partial charge in [-0.3, -0.25) is 14.7 Å². The van der Waals surface area contributed by atoms with Gasteiger partial charge in [-0.1, -0.05) is 12.1 Å². The molecule has 2 N–H and O–H groups in total. The summed E-state index contributed by atoms with van der Waals surface area (Å²) < 4.78 is 77.2. The molecule has 1 aliphatic heterocycles. The first-order valence-electron chi connectivity index (χ1n) is 12.5. The maximum Gasteiger partial charge on any atom is 0.390 e. The highest BCUT2D eigenvalue weighted by Crippen LogP contribution is 2.30. The molecule has 2 aromatic carbocycles. The Morgan fingerprint density at radius 2 is 1.70 bits per heavy atom. The number of amides is 1. The standard InChI is InChI=1S/C27H28F4N4O4S/c1-18(24-7-4-20(15-25(24)28)21-14-23(36)17-32-16-21)34-9-11-35(12-10-34)22-5-2-19(3-6-22)26(37)33-40(38,39)13-8-27(29,30)31/h2-7,14-18,36H,8-13H2,1H3,(H,33,37). The Kier molecular flexibility index (Phi) is 8.64. The fraction of sp³-hybridized carbons (Fsp3) is 0.333. The topological polar surface area (TPSA) is 103 Å². The SMILES string of the molecule is CC(c1ccc(-c2cncc(O)c2)cc1F)N1CCN(c2ccc(C(=O)NS(=O)(=O)CCC(F)(F)F)cc2)CC1. The Hall–Kier alpha value is -3.71. The van der Waals surface area contributed by atoms with Gasteiger partial charge in [0.05, 0.1) is 18.4 Å². The molecule has 1 amide bonds. The first kappa shape index (κ1) is 29.3. The molecule has 8 nitrogen and oxygen atoms in total. The number of nitrogens with one attached hydrogen (secondary N) is 1. The third-order valence-electron chi connectivity index (χ3n) is 6.77. The highest BCUT2D eigenvalue weighted by atomic mass is 32.2. The first-order chi connectivity index (χ1) is 18.8. The minimum absolute atomic E-state index is 0.000989. The van der Waals surface area contributed by atoms with Gasteiger partial charge in [0, 0.05) is 60.8 Å². The number of pyridine rings is 1. The van der Waals surface area contributed by atoms with Crippen molar-refractivity contribution in [2.24, 2.45) is 0 Å². The second kappa shape index (κ2) is 11.8. The van der Waals surface area contributed by atoms with E-state index in [0.717, 1.165) is 5.69 Å². The molecule has 0 spiro atoms. The second-order valence-corrected chi connectivity index (χ2v) is 11.4. The molecular weight excluding hydrogens is 552 g/mol. The summed E-state index contributed by atoms with van der Waals surface area (Å²) in [6, 6.07) is 12.4. The summed E-state index contributed by atoms with van der Waals surface area (Å²) >= 11 is 0. The summed E-state index contributed by atoms with van der Waals surface area (Å²) in [5.41, 5.74) is 2.56. The number of carbonyl (C=O) groups excluding carboxylic acids is 1. The van der Waals surface area contributed by atoms with Gasteiger partial charge in [-0.15, -0.1) is 0 Å². The molecular formula is C27H28F4N4O4S. The molecule has 2 heterocycles. The number of nitrogens with zero attached hydrogens (tertiary/aromatic N) is 3. The number of hydrogen-bond donors (Lipinski definition) is 2. The van der Waals surface area contributed by atoms with Crippen LogP contribution in [0.25, 0.3) is 11.1 Å². The van der Waals surface area contributed by atoms with Gasteiger partial charge in [0.2, 0.25) is 10.0 Å². The quantitative estimate of drug-likeness (QED) is 0.379. The zero-order valence-corrected chi connectivity index (χ0v) is 22.3. The fourth-order valence-electron chi connectivity index (χ4n) is 4.52. The molecule has 0 radical (unpaired) electrons. The molecule has 13 heteroatoms. The molecule has 1 atom stereocenters. The number of piperazine rings is 1. The van der Waals surface area contributed by atoms with Crippen molar-refractivity contribution in [3.8, 4) is 16.9 Å². The molecule has 0 aliphatic carbocycles. The molecule has 4 rings (SSSR count). The number of benzene rings is 2. The molecule has 214 valence electrons. The molecule has 3 aromatic rings. The van der Waals surface area contributed by atoms with E-state index in [4.69, 9.17) is 0 Å². The van der Waals surface area contributed by atoms with E-state index in [1.165, 1.54) is 30.5 Å². The van der Waals surface area contributed by atoms with Crippen LogP contribution in [0.4, 0.5) is 23.2 Å². The van der Waals surface area contributed by atoms with Gasteiger partial charge in [0.1, 0.15) is 11.6 Å². The van der Waals surface area contributed by atoms with E-state index >= 15 is 4.39 Å². The Bertz CT molecular complexity index is 1460. The average Bonchev–Trinajstić information content (AvgIpc) is 2.91. The molecule has 1 unspecified atom stereocenters. The minimum Gasteiger partial charge on any atom is -0.506 e. The smallest absolute Gasteiger partial charge is 0.390 e. The first-order valence-corrected chi connectivity index (χ1v) is 14.1. The van der Waals surface area contributed by atoms with Crippen LogP contribution in [-0.2, 0) is 10.0 Å². The average molecular weight is 581 g/mol. The van der Waals surface area contributed by atoms with Crippen molar-refractivity contribution >= 4 is 21.6 Å². The van der Waals surface area contributed by atoms with Gasteiger partial charge in [-0.05, 0) is 48.9 Å². The molecule has 1 saturated heterocycles. The van der Waals surface area contributed by atoms with Crippen molar-refractivity contribution in [2.45, 2.75) is 25.6 Å². The number of sulfonamides is 1. The van der Waals surface area contributed by atoms with Gasteiger partial charge in [0.25, 0.3) is 5.91 Å².